The van der Waals surface area contributed by atoms with E-state index in [1.165, 1.54) is 0 Å². The van der Waals surface area contributed by atoms with Gasteiger partial charge in [0.15, 0.2) is 5.01 Å². The summed E-state index contributed by atoms with van der Waals surface area (Å²) in [4.78, 5) is 0.876. The number of thiol groups is 1. The second kappa shape index (κ2) is 7.62. The van der Waals surface area contributed by atoms with Crippen LogP contribution in [0.25, 0.3) is 0 Å². The largest absolute Gasteiger partial charge is 0.478 e. The molecule has 90 valence electrons. The van der Waals surface area contributed by atoms with Crippen LogP contribution in [0.4, 0.5) is 0 Å². The maximum atomic E-state index is 5.87. The molecule has 0 heterocycles. The minimum atomic E-state index is 0.0448. The molecule has 2 unspecified atom stereocenters. The molecule has 0 N–H and O–H groups in total. The predicted molar refractivity (Wildman–Crippen MR) is 79.2 cm³/mol. The summed E-state index contributed by atoms with van der Waals surface area (Å²) in [5.74, 6) is 1.34. The Balaban J connectivity index is 2.62. The van der Waals surface area contributed by atoms with Crippen LogP contribution in [0.1, 0.15) is 19.8 Å². The summed E-state index contributed by atoms with van der Waals surface area (Å²) in [6, 6.07) is 7.79. The lowest BCUT2D eigenvalue weighted by Gasteiger charge is -2.22. The minimum Gasteiger partial charge on any atom is -0.478 e. The smallest absolute Gasteiger partial charge is 0.156 e. The van der Waals surface area contributed by atoms with E-state index in [-0.39, 0.29) is 5.01 Å². The van der Waals surface area contributed by atoms with E-state index in [0.29, 0.717) is 5.92 Å². The average molecular weight is 368 g/mol. The third-order valence-electron chi connectivity index (χ3n) is 2.48. The molecule has 1 aromatic carbocycles. The number of hydrogen-bond donors (Lipinski definition) is 1. The van der Waals surface area contributed by atoms with Crippen molar-refractivity contribution in [3.8, 4) is 5.75 Å². The third kappa shape index (κ3) is 4.30. The van der Waals surface area contributed by atoms with Gasteiger partial charge in [0, 0.05) is 16.1 Å². The van der Waals surface area contributed by atoms with Crippen LogP contribution in [-0.2, 0) is 0 Å². The number of benzene rings is 1. The van der Waals surface area contributed by atoms with Gasteiger partial charge in [0.25, 0.3) is 0 Å². The molecule has 0 aromatic heterocycles. The van der Waals surface area contributed by atoms with Crippen LogP contribution in [-0.4, -0.2) is 10.3 Å². The van der Waals surface area contributed by atoms with E-state index >= 15 is 0 Å². The van der Waals surface area contributed by atoms with Crippen molar-refractivity contribution in [1.29, 1.82) is 0 Å². The molecule has 0 saturated heterocycles. The van der Waals surface area contributed by atoms with Gasteiger partial charge in [-0.2, -0.15) is 0 Å². The van der Waals surface area contributed by atoms with E-state index in [1.807, 2.05) is 24.3 Å². The SMILES string of the molecule is CCC(CCBr)C(Br)Oc1ccccc1S. The zero-order valence-corrected chi connectivity index (χ0v) is 13.3. The van der Waals surface area contributed by atoms with Crippen molar-refractivity contribution in [2.24, 2.45) is 5.92 Å². The average Bonchev–Trinajstić information content (AvgIpc) is 2.29. The number of rotatable bonds is 6. The van der Waals surface area contributed by atoms with Gasteiger partial charge < -0.3 is 4.74 Å². The number of ether oxygens (including phenoxy) is 1. The van der Waals surface area contributed by atoms with Gasteiger partial charge in [0.05, 0.1) is 0 Å². The van der Waals surface area contributed by atoms with Crippen molar-refractivity contribution in [2.45, 2.75) is 29.7 Å². The maximum absolute atomic E-state index is 5.87. The highest BCUT2D eigenvalue weighted by Gasteiger charge is 2.18. The van der Waals surface area contributed by atoms with Gasteiger partial charge in [-0.25, -0.2) is 0 Å². The Morgan fingerprint density at radius 3 is 2.62 bits per heavy atom. The molecule has 0 saturated carbocycles. The monoisotopic (exact) mass is 366 g/mol. The fourth-order valence-electron chi connectivity index (χ4n) is 1.43. The number of alkyl halides is 2. The zero-order valence-electron chi connectivity index (χ0n) is 9.20. The molecule has 1 rings (SSSR count). The Labute approximate surface area is 120 Å². The summed E-state index contributed by atoms with van der Waals surface area (Å²) in [6.45, 7) is 2.18. The summed E-state index contributed by atoms with van der Waals surface area (Å²) in [6.07, 6.45) is 2.19. The van der Waals surface area contributed by atoms with Crippen molar-refractivity contribution in [3.05, 3.63) is 24.3 Å². The van der Waals surface area contributed by atoms with Crippen LogP contribution in [0.3, 0.4) is 0 Å². The van der Waals surface area contributed by atoms with Gasteiger partial charge in [0.1, 0.15) is 5.75 Å². The molecule has 0 radical (unpaired) electrons. The molecule has 0 aliphatic carbocycles. The maximum Gasteiger partial charge on any atom is 0.156 e. The fraction of sp³-hybridized carbons (Fsp3) is 0.500. The van der Waals surface area contributed by atoms with Gasteiger partial charge in [-0.15, -0.1) is 12.6 Å². The van der Waals surface area contributed by atoms with E-state index in [2.05, 4.69) is 51.4 Å². The van der Waals surface area contributed by atoms with Gasteiger partial charge in [-0.3, -0.25) is 0 Å². The molecule has 0 bridgehead atoms. The van der Waals surface area contributed by atoms with Crippen LogP contribution >= 0.6 is 44.5 Å². The second-order valence-electron chi connectivity index (χ2n) is 3.58. The standard InChI is InChI=1S/C12H16Br2OS/c1-2-9(7-8-13)12(14)15-10-5-3-4-6-11(10)16/h3-6,9,12,16H,2,7-8H2,1H3. The summed E-state index contributed by atoms with van der Waals surface area (Å²) in [5, 5.41) is 1.04. The van der Waals surface area contributed by atoms with E-state index in [9.17, 15) is 0 Å². The Morgan fingerprint density at radius 2 is 2.06 bits per heavy atom. The highest BCUT2D eigenvalue weighted by Crippen LogP contribution is 2.28. The Hall–Kier alpha value is 0.330. The summed E-state index contributed by atoms with van der Waals surface area (Å²) >= 11 is 11.4. The van der Waals surface area contributed by atoms with Gasteiger partial charge in [0.2, 0.25) is 0 Å². The lowest BCUT2D eigenvalue weighted by atomic mass is 10.1. The number of halogens is 2. The topological polar surface area (TPSA) is 9.23 Å². The van der Waals surface area contributed by atoms with E-state index in [4.69, 9.17) is 4.74 Å². The van der Waals surface area contributed by atoms with Crippen molar-refractivity contribution in [3.63, 3.8) is 0 Å². The van der Waals surface area contributed by atoms with Crippen molar-refractivity contribution < 1.29 is 4.74 Å². The first kappa shape index (κ1) is 14.4. The molecular formula is C12H16Br2OS. The van der Waals surface area contributed by atoms with E-state index in [0.717, 1.165) is 28.8 Å². The van der Waals surface area contributed by atoms with Crippen molar-refractivity contribution in [1.82, 2.24) is 0 Å². The first-order valence-electron chi connectivity index (χ1n) is 5.33. The molecule has 2 atom stereocenters. The quantitative estimate of drug-likeness (QED) is 0.556. The van der Waals surface area contributed by atoms with Gasteiger partial charge >= 0.3 is 0 Å². The molecule has 0 amide bonds. The van der Waals surface area contributed by atoms with Crippen molar-refractivity contribution in [2.75, 3.05) is 5.33 Å². The van der Waals surface area contributed by atoms with E-state index in [1.54, 1.807) is 0 Å². The van der Waals surface area contributed by atoms with Crippen LogP contribution in [0.2, 0.25) is 0 Å². The van der Waals surface area contributed by atoms with Gasteiger partial charge in [-0.1, -0.05) is 35.0 Å². The Kier molecular flexibility index (Phi) is 6.85. The second-order valence-corrected chi connectivity index (χ2v) is 5.76. The molecule has 0 fully saturated rings. The lowest BCUT2D eigenvalue weighted by molar-refractivity contribution is 0.210. The van der Waals surface area contributed by atoms with Crippen molar-refractivity contribution >= 4 is 44.5 Å². The summed E-state index contributed by atoms with van der Waals surface area (Å²) in [5.41, 5.74) is 0. The molecule has 0 aliphatic heterocycles. The fourth-order valence-corrected chi connectivity index (χ4v) is 3.08. The molecule has 16 heavy (non-hydrogen) atoms. The normalized spacial score (nSPS) is 14.5. The molecule has 0 aliphatic rings. The molecule has 0 spiro atoms. The Morgan fingerprint density at radius 1 is 1.38 bits per heavy atom. The third-order valence-corrected chi connectivity index (χ3v) is 4.24. The predicted octanol–water partition coefficient (Wildman–Crippen LogP) is 4.89. The molecule has 4 heteroatoms. The van der Waals surface area contributed by atoms with Crippen LogP contribution < -0.4 is 4.74 Å². The highest BCUT2D eigenvalue weighted by molar-refractivity contribution is 9.09. The minimum absolute atomic E-state index is 0.0448. The van der Waals surface area contributed by atoms with E-state index < -0.39 is 0 Å². The first-order chi connectivity index (χ1) is 7.69. The molecule has 1 nitrogen and oxygen atoms in total. The highest BCUT2D eigenvalue weighted by atomic mass is 79.9. The van der Waals surface area contributed by atoms with Crippen LogP contribution in [0.15, 0.2) is 29.2 Å². The van der Waals surface area contributed by atoms with Crippen LogP contribution in [0, 0.1) is 5.92 Å². The summed E-state index contributed by atoms with van der Waals surface area (Å²) in [7, 11) is 0. The number of hydrogen-bond acceptors (Lipinski definition) is 2. The van der Waals surface area contributed by atoms with Gasteiger partial charge in [-0.05, 0) is 40.9 Å². The zero-order chi connectivity index (χ0) is 12.0. The summed E-state index contributed by atoms with van der Waals surface area (Å²) < 4.78 is 5.87. The first-order valence-corrected chi connectivity index (χ1v) is 7.82. The molecular weight excluding hydrogens is 352 g/mol. The van der Waals surface area contributed by atoms with Crippen LogP contribution in [0.5, 0.6) is 5.75 Å². The number of para-hydroxylation sites is 1. The molecule has 1 aromatic rings. The lowest BCUT2D eigenvalue weighted by Crippen LogP contribution is -2.20. The Bertz CT molecular complexity index is 320.